The number of aromatic nitrogens is 2. The van der Waals surface area contributed by atoms with Crippen LogP contribution in [0.5, 0.6) is 0 Å². The van der Waals surface area contributed by atoms with E-state index >= 15 is 0 Å². The number of aryl methyl sites for hydroxylation is 1. The van der Waals surface area contributed by atoms with E-state index in [2.05, 4.69) is 21.0 Å². The minimum absolute atomic E-state index is 0.666. The average molecular weight is 313 g/mol. The fourth-order valence-electron chi connectivity index (χ4n) is 1.77. The van der Waals surface area contributed by atoms with Crippen LogP contribution in [0.15, 0.2) is 39.8 Å². The van der Waals surface area contributed by atoms with Crippen LogP contribution in [0.3, 0.4) is 0 Å². The normalized spacial score (nSPS) is 12.7. The number of thioether (sulfide) groups is 1. The first-order valence-electron chi connectivity index (χ1n) is 5.13. The van der Waals surface area contributed by atoms with Crippen LogP contribution in [-0.4, -0.2) is 21.1 Å². The summed E-state index contributed by atoms with van der Waals surface area (Å²) in [5.74, 6) is 0. The summed E-state index contributed by atoms with van der Waals surface area (Å²) in [5.41, 5.74) is 1.68. The molecule has 0 saturated carbocycles. The van der Waals surface area contributed by atoms with Crippen molar-refractivity contribution < 1.29 is 5.11 Å². The van der Waals surface area contributed by atoms with Crippen molar-refractivity contribution in [2.45, 2.75) is 11.0 Å². The zero-order valence-corrected chi connectivity index (χ0v) is 12.0. The van der Waals surface area contributed by atoms with Crippen LogP contribution in [0, 0.1) is 0 Å². The van der Waals surface area contributed by atoms with Crippen LogP contribution in [0.4, 0.5) is 0 Å². The van der Waals surface area contributed by atoms with Crippen LogP contribution >= 0.6 is 27.7 Å². The number of aliphatic hydroxyl groups is 1. The van der Waals surface area contributed by atoms with Crippen molar-refractivity contribution in [1.82, 2.24) is 9.78 Å². The molecule has 1 N–H and O–H groups in total. The lowest BCUT2D eigenvalue weighted by Gasteiger charge is -2.15. The van der Waals surface area contributed by atoms with Gasteiger partial charge in [0.25, 0.3) is 0 Å². The third kappa shape index (κ3) is 2.41. The van der Waals surface area contributed by atoms with E-state index in [4.69, 9.17) is 0 Å². The van der Waals surface area contributed by atoms with Crippen molar-refractivity contribution in [3.63, 3.8) is 0 Å². The van der Waals surface area contributed by atoms with Gasteiger partial charge < -0.3 is 5.11 Å². The Morgan fingerprint density at radius 2 is 2.12 bits per heavy atom. The number of benzene rings is 1. The van der Waals surface area contributed by atoms with Gasteiger partial charge in [-0.05, 0) is 28.3 Å². The highest BCUT2D eigenvalue weighted by atomic mass is 79.9. The van der Waals surface area contributed by atoms with Gasteiger partial charge in [0.1, 0.15) is 6.10 Å². The fourth-order valence-corrected chi connectivity index (χ4v) is 2.96. The summed E-state index contributed by atoms with van der Waals surface area (Å²) in [6, 6.07) is 7.85. The van der Waals surface area contributed by atoms with Gasteiger partial charge in [0.2, 0.25) is 0 Å². The van der Waals surface area contributed by atoms with E-state index in [1.165, 1.54) is 0 Å². The maximum Gasteiger partial charge on any atom is 0.123 e. The van der Waals surface area contributed by atoms with Crippen molar-refractivity contribution in [3.8, 4) is 0 Å². The van der Waals surface area contributed by atoms with Gasteiger partial charge in [0.15, 0.2) is 0 Å². The highest BCUT2D eigenvalue weighted by Crippen LogP contribution is 2.32. The molecule has 1 aromatic heterocycles. The highest BCUT2D eigenvalue weighted by Gasteiger charge is 2.20. The van der Waals surface area contributed by atoms with Gasteiger partial charge in [-0.25, -0.2) is 0 Å². The predicted molar refractivity (Wildman–Crippen MR) is 73.2 cm³/mol. The summed E-state index contributed by atoms with van der Waals surface area (Å²) in [7, 11) is 1.82. The monoisotopic (exact) mass is 312 g/mol. The Morgan fingerprint density at radius 3 is 2.71 bits per heavy atom. The molecule has 0 aliphatic rings. The quantitative estimate of drug-likeness (QED) is 0.885. The summed E-state index contributed by atoms with van der Waals surface area (Å²) in [4.78, 5) is 1.08. The molecule has 3 nitrogen and oxygen atoms in total. The molecule has 1 aromatic carbocycles. The summed E-state index contributed by atoms with van der Waals surface area (Å²) in [6.45, 7) is 0. The van der Waals surface area contributed by atoms with Crippen LogP contribution < -0.4 is 0 Å². The second kappa shape index (κ2) is 5.25. The Hall–Kier alpha value is -0.780. The van der Waals surface area contributed by atoms with Crippen molar-refractivity contribution in [2.75, 3.05) is 6.26 Å². The van der Waals surface area contributed by atoms with Gasteiger partial charge in [0.05, 0.1) is 16.4 Å². The smallest absolute Gasteiger partial charge is 0.123 e. The van der Waals surface area contributed by atoms with Gasteiger partial charge >= 0.3 is 0 Å². The minimum Gasteiger partial charge on any atom is -0.382 e. The van der Waals surface area contributed by atoms with Crippen molar-refractivity contribution >= 4 is 27.7 Å². The molecule has 1 unspecified atom stereocenters. The molecule has 2 rings (SSSR count). The van der Waals surface area contributed by atoms with E-state index in [1.807, 2.05) is 37.6 Å². The van der Waals surface area contributed by atoms with Gasteiger partial charge in [0, 0.05) is 17.5 Å². The average Bonchev–Trinajstić information content (AvgIpc) is 2.68. The lowest BCUT2D eigenvalue weighted by Crippen LogP contribution is -2.08. The first-order valence-corrected chi connectivity index (χ1v) is 7.15. The Morgan fingerprint density at radius 1 is 1.41 bits per heavy atom. The van der Waals surface area contributed by atoms with E-state index < -0.39 is 6.10 Å². The molecule has 0 saturated heterocycles. The van der Waals surface area contributed by atoms with Gasteiger partial charge in [-0.2, -0.15) is 5.10 Å². The second-order valence-corrected chi connectivity index (χ2v) is 5.35. The lowest BCUT2D eigenvalue weighted by molar-refractivity contribution is 0.206. The third-order valence-corrected chi connectivity index (χ3v) is 4.05. The molecule has 0 radical (unpaired) electrons. The maximum absolute atomic E-state index is 10.5. The van der Waals surface area contributed by atoms with Crippen LogP contribution in [0.25, 0.3) is 0 Å². The zero-order chi connectivity index (χ0) is 12.4. The standard InChI is InChI=1S/C12H13BrN2OS/c1-15-11(9(13)7-14-15)12(16)8-5-3-4-6-10(8)17-2/h3-7,12,16H,1-2H3. The second-order valence-electron chi connectivity index (χ2n) is 3.65. The van der Waals surface area contributed by atoms with Gasteiger partial charge in [-0.1, -0.05) is 18.2 Å². The zero-order valence-electron chi connectivity index (χ0n) is 9.59. The Kier molecular flexibility index (Phi) is 3.91. The van der Waals surface area contributed by atoms with Crippen LogP contribution in [0.2, 0.25) is 0 Å². The van der Waals surface area contributed by atoms with Gasteiger partial charge in [-0.15, -0.1) is 11.8 Å². The van der Waals surface area contributed by atoms with Crippen molar-refractivity contribution in [3.05, 3.63) is 46.2 Å². The van der Waals surface area contributed by atoms with E-state index in [-0.39, 0.29) is 0 Å². The molecule has 0 amide bonds. The molecule has 1 atom stereocenters. The summed E-state index contributed by atoms with van der Waals surface area (Å²) >= 11 is 5.04. The predicted octanol–water partition coefficient (Wildman–Crippen LogP) is 2.99. The molecule has 5 heteroatoms. The third-order valence-electron chi connectivity index (χ3n) is 2.63. The number of aliphatic hydroxyl groups excluding tert-OH is 1. The van der Waals surface area contributed by atoms with E-state index in [0.717, 1.165) is 20.6 Å². The van der Waals surface area contributed by atoms with E-state index in [1.54, 1.807) is 22.6 Å². The molecular weight excluding hydrogens is 300 g/mol. The van der Waals surface area contributed by atoms with Crippen LogP contribution in [-0.2, 0) is 7.05 Å². The molecule has 0 aliphatic heterocycles. The Labute approximate surface area is 113 Å². The topological polar surface area (TPSA) is 38.1 Å². The first kappa shape index (κ1) is 12.7. The Balaban J connectivity index is 2.47. The summed E-state index contributed by atoms with van der Waals surface area (Å²) in [6.07, 6.45) is 3.03. The molecule has 17 heavy (non-hydrogen) atoms. The van der Waals surface area contributed by atoms with Gasteiger partial charge in [-0.3, -0.25) is 4.68 Å². The SMILES string of the molecule is CSc1ccccc1C(O)c1c(Br)cnn1C. The molecular formula is C12H13BrN2OS. The number of hydrogen-bond donors (Lipinski definition) is 1. The number of nitrogens with zero attached hydrogens (tertiary/aromatic N) is 2. The molecule has 0 bridgehead atoms. The maximum atomic E-state index is 10.5. The largest absolute Gasteiger partial charge is 0.382 e. The Bertz CT molecular complexity index is 507. The van der Waals surface area contributed by atoms with E-state index in [0.29, 0.717) is 0 Å². The molecule has 0 spiro atoms. The lowest BCUT2D eigenvalue weighted by atomic mass is 10.1. The number of halogens is 1. The summed E-state index contributed by atoms with van der Waals surface area (Å²) in [5, 5.41) is 14.6. The number of hydrogen-bond acceptors (Lipinski definition) is 3. The molecule has 2 aromatic rings. The van der Waals surface area contributed by atoms with Crippen molar-refractivity contribution in [1.29, 1.82) is 0 Å². The van der Waals surface area contributed by atoms with Crippen LogP contribution in [0.1, 0.15) is 17.4 Å². The highest BCUT2D eigenvalue weighted by molar-refractivity contribution is 9.10. The molecule has 0 aliphatic carbocycles. The molecule has 90 valence electrons. The number of rotatable bonds is 3. The van der Waals surface area contributed by atoms with E-state index in [9.17, 15) is 5.11 Å². The summed E-state index contributed by atoms with van der Waals surface area (Å²) < 4.78 is 2.51. The first-order chi connectivity index (χ1) is 8.15. The molecule has 0 fully saturated rings. The minimum atomic E-state index is -0.666. The molecule has 1 heterocycles. The van der Waals surface area contributed by atoms with Crippen molar-refractivity contribution in [2.24, 2.45) is 7.05 Å². The fraction of sp³-hybridized carbons (Fsp3) is 0.250.